The van der Waals surface area contributed by atoms with E-state index in [-0.39, 0.29) is 0 Å². The van der Waals surface area contributed by atoms with Crippen molar-refractivity contribution in [3.05, 3.63) is 72.6 Å². The zero-order chi connectivity index (χ0) is 18.1. The average molecular weight is 390 g/mol. The second-order valence-electron chi connectivity index (χ2n) is 5.85. The minimum absolute atomic E-state index is 0.715. The lowest BCUT2D eigenvalue weighted by molar-refractivity contribution is 0.885. The first-order chi connectivity index (χ1) is 13.4. The van der Waals surface area contributed by atoms with E-state index < -0.39 is 0 Å². The summed E-state index contributed by atoms with van der Waals surface area (Å²) in [6, 6.07) is 22.4. The van der Waals surface area contributed by atoms with Gasteiger partial charge in [-0.3, -0.25) is 5.10 Å². The van der Waals surface area contributed by atoms with Crippen molar-refractivity contribution in [1.82, 2.24) is 30.0 Å². The van der Waals surface area contributed by atoms with Crippen LogP contribution >= 0.6 is 23.1 Å². The molecule has 1 N–H and O–H groups in total. The van der Waals surface area contributed by atoms with Crippen molar-refractivity contribution in [2.75, 3.05) is 0 Å². The zero-order valence-electron chi connectivity index (χ0n) is 14.1. The van der Waals surface area contributed by atoms with Crippen molar-refractivity contribution < 1.29 is 0 Å². The van der Waals surface area contributed by atoms with Crippen LogP contribution in [0.5, 0.6) is 0 Å². The molecule has 3 heterocycles. The highest BCUT2D eigenvalue weighted by molar-refractivity contribution is 7.98. The SMILES string of the molecule is c1ccc(SCc2nnc3sc(-c4cc(-c5ccccc5)n[nH]4)nn23)cc1. The number of benzene rings is 2. The van der Waals surface area contributed by atoms with Crippen molar-refractivity contribution in [3.8, 4) is 22.0 Å². The molecule has 27 heavy (non-hydrogen) atoms. The van der Waals surface area contributed by atoms with Gasteiger partial charge < -0.3 is 0 Å². The number of H-pyrrole nitrogens is 1. The number of thioether (sulfide) groups is 1. The van der Waals surface area contributed by atoms with Crippen LogP contribution in [0.4, 0.5) is 0 Å². The van der Waals surface area contributed by atoms with Gasteiger partial charge in [0.1, 0.15) is 0 Å². The number of aromatic nitrogens is 6. The fourth-order valence-electron chi connectivity index (χ4n) is 2.71. The molecule has 0 radical (unpaired) electrons. The maximum atomic E-state index is 4.69. The van der Waals surface area contributed by atoms with Gasteiger partial charge in [-0.05, 0) is 18.2 Å². The number of nitrogens with zero attached hydrogens (tertiary/aromatic N) is 5. The maximum absolute atomic E-state index is 4.69. The largest absolute Gasteiger partial charge is 0.275 e. The van der Waals surface area contributed by atoms with Crippen LogP contribution in [0.3, 0.4) is 0 Å². The number of hydrogen-bond donors (Lipinski definition) is 1. The fourth-order valence-corrected chi connectivity index (χ4v) is 4.36. The number of aromatic amines is 1. The van der Waals surface area contributed by atoms with Gasteiger partial charge in [0.15, 0.2) is 10.8 Å². The van der Waals surface area contributed by atoms with E-state index in [2.05, 4.69) is 37.6 Å². The van der Waals surface area contributed by atoms with E-state index in [0.717, 1.165) is 32.7 Å². The number of hydrogen-bond acceptors (Lipinski definition) is 6. The van der Waals surface area contributed by atoms with E-state index in [9.17, 15) is 0 Å². The van der Waals surface area contributed by atoms with Crippen LogP contribution in [0.1, 0.15) is 5.82 Å². The molecule has 0 aliphatic rings. The summed E-state index contributed by atoms with van der Waals surface area (Å²) in [5, 5.41) is 21.6. The Morgan fingerprint density at radius 2 is 1.74 bits per heavy atom. The van der Waals surface area contributed by atoms with Crippen LogP contribution in [0.15, 0.2) is 71.6 Å². The molecule has 8 heteroatoms. The molecule has 6 nitrogen and oxygen atoms in total. The van der Waals surface area contributed by atoms with Crippen LogP contribution in [0.2, 0.25) is 0 Å². The highest BCUT2D eigenvalue weighted by Gasteiger charge is 2.15. The first kappa shape index (κ1) is 16.2. The lowest BCUT2D eigenvalue weighted by Crippen LogP contribution is -1.94. The van der Waals surface area contributed by atoms with Gasteiger partial charge >= 0.3 is 0 Å². The molecule has 0 aliphatic carbocycles. The first-order valence-electron chi connectivity index (χ1n) is 8.37. The second-order valence-corrected chi connectivity index (χ2v) is 7.86. The molecule has 5 aromatic rings. The topological polar surface area (TPSA) is 71.8 Å². The van der Waals surface area contributed by atoms with Crippen LogP contribution in [0, 0.1) is 0 Å². The van der Waals surface area contributed by atoms with E-state index in [4.69, 9.17) is 0 Å². The van der Waals surface area contributed by atoms with Crippen molar-refractivity contribution in [1.29, 1.82) is 0 Å². The van der Waals surface area contributed by atoms with E-state index in [1.807, 2.05) is 59.1 Å². The Morgan fingerprint density at radius 1 is 0.963 bits per heavy atom. The molecule has 0 spiro atoms. The molecule has 0 amide bonds. The Balaban J connectivity index is 1.41. The van der Waals surface area contributed by atoms with Crippen molar-refractivity contribution >= 4 is 28.1 Å². The predicted octanol–water partition coefficient (Wildman–Crippen LogP) is 4.54. The standard InChI is InChI=1S/C19H14N6S2/c1-3-7-13(8-4-1)15-11-16(21-20-15)18-24-25-17(22-23-19(25)27-18)12-26-14-9-5-2-6-10-14/h1-11H,12H2,(H,20,21). The summed E-state index contributed by atoms with van der Waals surface area (Å²) in [5.74, 6) is 1.55. The van der Waals surface area contributed by atoms with Gasteiger partial charge in [0.2, 0.25) is 4.96 Å². The quantitative estimate of drug-likeness (QED) is 0.446. The molecule has 132 valence electrons. The first-order valence-corrected chi connectivity index (χ1v) is 10.2. The lowest BCUT2D eigenvalue weighted by Gasteiger charge is -1.98. The highest BCUT2D eigenvalue weighted by Crippen LogP contribution is 2.28. The Kier molecular flexibility index (Phi) is 4.19. The van der Waals surface area contributed by atoms with Crippen molar-refractivity contribution in [3.63, 3.8) is 0 Å². The highest BCUT2D eigenvalue weighted by atomic mass is 32.2. The molecule has 0 aliphatic heterocycles. The van der Waals surface area contributed by atoms with Crippen LogP contribution in [-0.4, -0.2) is 30.0 Å². The monoisotopic (exact) mass is 390 g/mol. The summed E-state index contributed by atoms with van der Waals surface area (Å²) >= 11 is 3.22. The third-order valence-electron chi connectivity index (χ3n) is 4.04. The average Bonchev–Trinajstić information content (AvgIpc) is 3.44. The van der Waals surface area contributed by atoms with Gasteiger partial charge in [-0.1, -0.05) is 59.9 Å². The van der Waals surface area contributed by atoms with Crippen molar-refractivity contribution in [2.24, 2.45) is 0 Å². The Hall–Kier alpha value is -2.97. The van der Waals surface area contributed by atoms with Gasteiger partial charge in [-0.15, -0.1) is 22.0 Å². The molecule has 5 rings (SSSR count). The third kappa shape index (κ3) is 3.24. The minimum atomic E-state index is 0.715. The van der Waals surface area contributed by atoms with Crippen LogP contribution in [-0.2, 0) is 5.75 Å². The van der Waals surface area contributed by atoms with E-state index in [0.29, 0.717) is 5.75 Å². The molecule has 0 saturated carbocycles. The van der Waals surface area contributed by atoms with Gasteiger partial charge in [0.25, 0.3) is 0 Å². The Labute approximate surface area is 163 Å². The molecule has 0 fully saturated rings. The summed E-state index contributed by atoms with van der Waals surface area (Å²) in [5.41, 5.74) is 2.85. The lowest BCUT2D eigenvalue weighted by atomic mass is 10.1. The molecule has 0 saturated heterocycles. The third-order valence-corrected chi connectivity index (χ3v) is 5.98. The van der Waals surface area contributed by atoms with E-state index in [1.165, 1.54) is 16.2 Å². The van der Waals surface area contributed by atoms with Crippen molar-refractivity contribution in [2.45, 2.75) is 10.6 Å². The molecular weight excluding hydrogens is 376 g/mol. The zero-order valence-corrected chi connectivity index (χ0v) is 15.7. The molecule has 2 aromatic carbocycles. The molecular formula is C19H14N6S2. The van der Waals surface area contributed by atoms with E-state index >= 15 is 0 Å². The summed E-state index contributed by atoms with van der Waals surface area (Å²) in [6.45, 7) is 0. The summed E-state index contributed by atoms with van der Waals surface area (Å²) < 4.78 is 1.82. The van der Waals surface area contributed by atoms with Gasteiger partial charge in [-0.25, -0.2) is 0 Å². The van der Waals surface area contributed by atoms with Crippen LogP contribution in [0.25, 0.3) is 26.9 Å². The molecule has 3 aromatic heterocycles. The molecule has 0 atom stereocenters. The number of nitrogens with one attached hydrogen (secondary N) is 1. The van der Waals surface area contributed by atoms with Gasteiger partial charge in [-0.2, -0.15) is 14.7 Å². The Morgan fingerprint density at radius 3 is 2.56 bits per heavy atom. The summed E-state index contributed by atoms with van der Waals surface area (Å²) in [6.07, 6.45) is 0. The smallest absolute Gasteiger partial charge is 0.235 e. The fraction of sp³-hybridized carbons (Fsp3) is 0.0526. The predicted molar refractivity (Wildman–Crippen MR) is 108 cm³/mol. The summed E-state index contributed by atoms with van der Waals surface area (Å²) in [7, 11) is 0. The Bertz CT molecular complexity index is 1180. The number of rotatable bonds is 5. The number of fused-ring (bicyclic) bond motifs is 1. The summed E-state index contributed by atoms with van der Waals surface area (Å²) in [4.78, 5) is 1.98. The minimum Gasteiger partial charge on any atom is -0.275 e. The second kappa shape index (κ2) is 6.98. The van der Waals surface area contributed by atoms with E-state index in [1.54, 1.807) is 11.8 Å². The maximum Gasteiger partial charge on any atom is 0.235 e. The normalized spacial score (nSPS) is 11.3. The van der Waals surface area contributed by atoms with Crippen LogP contribution < -0.4 is 0 Å². The molecule has 0 unspecified atom stereocenters. The van der Waals surface area contributed by atoms with Gasteiger partial charge in [0.05, 0.1) is 17.1 Å². The van der Waals surface area contributed by atoms with Gasteiger partial charge in [0, 0.05) is 10.5 Å². The molecule has 0 bridgehead atoms.